The highest BCUT2D eigenvalue weighted by molar-refractivity contribution is 6.24. The molecule has 2 aliphatic heterocycles. The molecule has 2 aliphatic rings. The molecule has 0 saturated carbocycles. The van der Waals surface area contributed by atoms with Gasteiger partial charge in [0, 0.05) is 24.5 Å². The predicted octanol–water partition coefficient (Wildman–Crippen LogP) is -0.0110. The van der Waals surface area contributed by atoms with Crippen molar-refractivity contribution in [3.05, 3.63) is 23.3 Å². The van der Waals surface area contributed by atoms with E-state index in [4.69, 9.17) is 10.5 Å². The minimum absolute atomic E-state index is 0.289. The maximum atomic E-state index is 11.6. The standard InChI is InChI=1S/C12H13N3O3/c13-9-6-7(15-1-3-18-4-2-15)5-8-10(9)12(17)14-11(8)16/h5-6H,1-4,13H2,(H,14,16,17). The topological polar surface area (TPSA) is 84.7 Å². The van der Waals surface area contributed by atoms with Crippen LogP contribution in [0.5, 0.6) is 0 Å². The van der Waals surface area contributed by atoms with E-state index in [1.807, 2.05) is 0 Å². The molecule has 2 amide bonds. The zero-order valence-electron chi connectivity index (χ0n) is 9.73. The van der Waals surface area contributed by atoms with Gasteiger partial charge in [-0.05, 0) is 12.1 Å². The first-order valence-corrected chi connectivity index (χ1v) is 5.79. The molecule has 6 heteroatoms. The van der Waals surface area contributed by atoms with Gasteiger partial charge in [-0.1, -0.05) is 0 Å². The number of carbonyl (C=O) groups is 2. The van der Waals surface area contributed by atoms with E-state index in [9.17, 15) is 9.59 Å². The molecule has 6 nitrogen and oxygen atoms in total. The van der Waals surface area contributed by atoms with Crippen LogP contribution in [0.25, 0.3) is 0 Å². The van der Waals surface area contributed by atoms with Crippen molar-refractivity contribution in [1.82, 2.24) is 5.32 Å². The van der Waals surface area contributed by atoms with Gasteiger partial charge in [-0.15, -0.1) is 0 Å². The fourth-order valence-corrected chi connectivity index (χ4v) is 2.32. The van der Waals surface area contributed by atoms with E-state index < -0.39 is 5.91 Å². The molecule has 0 bridgehead atoms. The summed E-state index contributed by atoms with van der Waals surface area (Å²) in [4.78, 5) is 25.3. The normalized spacial score (nSPS) is 18.8. The van der Waals surface area contributed by atoms with Crippen molar-refractivity contribution in [2.45, 2.75) is 0 Å². The largest absolute Gasteiger partial charge is 0.398 e. The van der Waals surface area contributed by atoms with Gasteiger partial charge in [-0.2, -0.15) is 0 Å². The molecule has 18 heavy (non-hydrogen) atoms. The number of ether oxygens (including phenoxy) is 1. The Balaban J connectivity index is 2.03. The molecule has 1 fully saturated rings. The summed E-state index contributed by atoms with van der Waals surface area (Å²) in [5.74, 6) is -0.794. The Morgan fingerprint density at radius 3 is 2.61 bits per heavy atom. The van der Waals surface area contributed by atoms with Crippen molar-refractivity contribution in [3.8, 4) is 0 Å². The number of nitrogens with zero attached hydrogens (tertiary/aromatic N) is 1. The summed E-state index contributed by atoms with van der Waals surface area (Å²) in [6, 6.07) is 3.46. The monoisotopic (exact) mass is 247 g/mol. The number of morpholine rings is 1. The van der Waals surface area contributed by atoms with Crippen molar-refractivity contribution in [1.29, 1.82) is 0 Å². The van der Waals surface area contributed by atoms with Crippen molar-refractivity contribution in [2.75, 3.05) is 36.9 Å². The lowest BCUT2D eigenvalue weighted by atomic mass is 10.1. The van der Waals surface area contributed by atoms with E-state index >= 15 is 0 Å². The average molecular weight is 247 g/mol. The minimum atomic E-state index is -0.416. The van der Waals surface area contributed by atoms with Crippen LogP contribution in [0.2, 0.25) is 0 Å². The van der Waals surface area contributed by atoms with Gasteiger partial charge in [0.05, 0.1) is 24.3 Å². The Bertz CT molecular complexity index is 536. The maximum absolute atomic E-state index is 11.6. The van der Waals surface area contributed by atoms with Gasteiger partial charge in [-0.25, -0.2) is 0 Å². The van der Waals surface area contributed by atoms with Crippen molar-refractivity contribution in [3.63, 3.8) is 0 Å². The highest BCUT2D eigenvalue weighted by Gasteiger charge is 2.30. The molecule has 0 radical (unpaired) electrons. The first-order valence-electron chi connectivity index (χ1n) is 5.79. The van der Waals surface area contributed by atoms with Crippen LogP contribution in [0, 0.1) is 0 Å². The predicted molar refractivity (Wildman–Crippen MR) is 65.7 cm³/mol. The number of hydrogen-bond acceptors (Lipinski definition) is 5. The molecule has 0 aliphatic carbocycles. The van der Waals surface area contributed by atoms with Gasteiger partial charge in [0.1, 0.15) is 0 Å². The molecule has 0 atom stereocenters. The third-order valence-corrected chi connectivity index (χ3v) is 3.23. The quantitative estimate of drug-likeness (QED) is 0.538. The Labute approximate surface area is 104 Å². The van der Waals surface area contributed by atoms with Gasteiger partial charge in [-0.3, -0.25) is 14.9 Å². The Kier molecular flexibility index (Phi) is 2.45. The summed E-state index contributed by atoms with van der Waals surface area (Å²) in [5.41, 5.74) is 7.72. The van der Waals surface area contributed by atoms with Crippen LogP contribution >= 0.6 is 0 Å². The zero-order chi connectivity index (χ0) is 12.7. The highest BCUT2D eigenvalue weighted by atomic mass is 16.5. The lowest BCUT2D eigenvalue weighted by molar-refractivity contribution is 0.0880. The van der Waals surface area contributed by atoms with Gasteiger partial charge < -0.3 is 15.4 Å². The van der Waals surface area contributed by atoms with E-state index in [0.29, 0.717) is 24.5 Å². The van der Waals surface area contributed by atoms with Gasteiger partial charge >= 0.3 is 0 Å². The molecule has 1 aromatic rings. The number of amides is 2. The Morgan fingerprint density at radius 1 is 1.17 bits per heavy atom. The van der Waals surface area contributed by atoms with Crippen LogP contribution in [0.15, 0.2) is 12.1 Å². The lowest BCUT2D eigenvalue weighted by Gasteiger charge is -2.29. The maximum Gasteiger partial charge on any atom is 0.261 e. The number of nitrogens with one attached hydrogen (secondary N) is 1. The number of nitrogen functional groups attached to an aromatic ring is 1. The van der Waals surface area contributed by atoms with Crippen LogP contribution in [0.1, 0.15) is 20.7 Å². The van der Waals surface area contributed by atoms with E-state index in [1.54, 1.807) is 12.1 Å². The van der Waals surface area contributed by atoms with Crippen LogP contribution in [-0.2, 0) is 4.74 Å². The fraction of sp³-hybridized carbons (Fsp3) is 0.333. The molecular formula is C12H13N3O3. The van der Waals surface area contributed by atoms with Crippen LogP contribution in [0.3, 0.4) is 0 Å². The minimum Gasteiger partial charge on any atom is -0.398 e. The second-order valence-corrected chi connectivity index (χ2v) is 4.34. The number of benzene rings is 1. The number of carbonyl (C=O) groups excluding carboxylic acids is 2. The highest BCUT2D eigenvalue weighted by Crippen LogP contribution is 2.29. The second kappa shape index (κ2) is 3.99. The average Bonchev–Trinajstić information content (AvgIpc) is 2.66. The number of nitrogens with two attached hydrogens (primary N) is 1. The van der Waals surface area contributed by atoms with Crippen LogP contribution < -0.4 is 16.0 Å². The number of rotatable bonds is 1. The third kappa shape index (κ3) is 1.62. The molecule has 2 heterocycles. The van der Waals surface area contributed by atoms with Gasteiger partial charge in [0.2, 0.25) is 0 Å². The molecule has 94 valence electrons. The van der Waals surface area contributed by atoms with Crippen molar-refractivity contribution in [2.24, 2.45) is 0 Å². The van der Waals surface area contributed by atoms with Crippen molar-refractivity contribution < 1.29 is 14.3 Å². The summed E-state index contributed by atoms with van der Waals surface area (Å²) in [7, 11) is 0. The van der Waals surface area contributed by atoms with E-state index in [2.05, 4.69) is 10.2 Å². The molecule has 3 N–H and O–H groups in total. The van der Waals surface area contributed by atoms with Gasteiger partial charge in [0.15, 0.2) is 0 Å². The summed E-state index contributed by atoms with van der Waals surface area (Å²) in [5, 5.41) is 2.25. The van der Waals surface area contributed by atoms with E-state index in [0.717, 1.165) is 18.8 Å². The molecule has 1 aromatic carbocycles. The SMILES string of the molecule is Nc1cc(N2CCOCC2)cc2c1C(=O)NC2=O. The molecule has 3 rings (SSSR count). The molecule has 0 aromatic heterocycles. The smallest absolute Gasteiger partial charge is 0.261 e. The number of imide groups is 1. The molecular weight excluding hydrogens is 234 g/mol. The first kappa shape index (κ1) is 11.0. The van der Waals surface area contributed by atoms with Crippen molar-refractivity contribution >= 4 is 23.2 Å². The zero-order valence-corrected chi connectivity index (χ0v) is 9.73. The first-order chi connectivity index (χ1) is 8.66. The van der Waals surface area contributed by atoms with E-state index in [1.165, 1.54) is 0 Å². The van der Waals surface area contributed by atoms with E-state index in [-0.39, 0.29) is 11.5 Å². The summed E-state index contributed by atoms with van der Waals surface area (Å²) >= 11 is 0. The summed E-state index contributed by atoms with van der Waals surface area (Å²) < 4.78 is 5.28. The van der Waals surface area contributed by atoms with Crippen LogP contribution in [0.4, 0.5) is 11.4 Å². The second-order valence-electron chi connectivity index (χ2n) is 4.34. The lowest BCUT2D eigenvalue weighted by Crippen LogP contribution is -2.36. The third-order valence-electron chi connectivity index (χ3n) is 3.23. The number of hydrogen-bond donors (Lipinski definition) is 2. The molecule has 0 spiro atoms. The molecule has 1 saturated heterocycles. The number of fused-ring (bicyclic) bond motifs is 1. The Hall–Kier alpha value is -2.08. The van der Waals surface area contributed by atoms with Gasteiger partial charge in [0.25, 0.3) is 11.8 Å². The Morgan fingerprint density at radius 2 is 1.89 bits per heavy atom. The summed E-state index contributed by atoms with van der Waals surface area (Å²) in [6.45, 7) is 2.83. The fourth-order valence-electron chi connectivity index (χ4n) is 2.32. The van der Waals surface area contributed by atoms with Crippen LogP contribution in [-0.4, -0.2) is 38.1 Å². The summed E-state index contributed by atoms with van der Waals surface area (Å²) in [6.07, 6.45) is 0. The molecule has 0 unspecified atom stereocenters. The number of anilines is 2.